The number of hydrogen-bond acceptors (Lipinski definition) is 6. The van der Waals surface area contributed by atoms with Crippen LogP contribution in [0.5, 0.6) is 0 Å². The lowest BCUT2D eigenvalue weighted by Crippen LogP contribution is -2.32. The molecule has 0 bridgehead atoms. The van der Waals surface area contributed by atoms with Gasteiger partial charge in [-0.2, -0.15) is 5.10 Å². The molecule has 0 radical (unpaired) electrons. The minimum Gasteiger partial charge on any atom is -0.376 e. The Labute approximate surface area is 167 Å². The van der Waals surface area contributed by atoms with Gasteiger partial charge in [0.1, 0.15) is 11.4 Å². The summed E-state index contributed by atoms with van der Waals surface area (Å²) in [5.74, 6) is 0.280. The van der Waals surface area contributed by atoms with E-state index in [0.717, 1.165) is 46.8 Å². The highest BCUT2D eigenvalue weighted by Crippen LogP contribution is 2.26. The molecule has 0 aliphatic carbocycles. The summed E-state index contributed by atoms with van der Waals surface area (Å²) in [6.45, 7) is 5.49. The molecule has 1 fully saturated rings. The SMILES string of the molecule is Cc1ccc(-n2ncc3c(SCC(=O)NC[C@H]4CCCO4)ncnc32)c(C)c1. The van der Waals surface area contributed by atoms with Crippen LogP contribution in [0.25, 0.3) is 16.7 Å². The van der Waals surface area contributed by atoms with Gasteiger partial charge in [-0.05, 0) is 38.3 Å². The average Bonchev–Trinajstić information content (AvgIpc) is 3.35. The van der Waals surface area contributed by atoms with E-state index in [1.165, 1.54) is 23.7 Å². The number of ether oxygens (including phenoxy) is 1. The number of nitrogens with zero attached hydrogens (tertiary/aromatic N) is 4. The van der Waals surface area contributed by atoms with Crippen LogP contribution in [0.3, 0.4) is 0 Å². The molecule has 4 rings (SSSR count). The second-order valence-electron chi connectivity index (χ2n) is 6.99. The molecule has 1 aliphatic rings. The van der Waals surface area contributed by atoms with Crippen molar-refractivity contribution < 1.29 is 9.53 Å². The molecule has 3 aromatic rings. The van der Waals surface area contributed by atoms with E-state index < -0.39 is 0 Å². The summed E-state index contributed by atoms with van der Waals surface area (Å²) >= 11 is 1.40. The lowest BCUT2D eigenvalue weighted by atomic mass is 10.1. The van der Waals surface area contributed by atoms with Crippen LogP contribution >= 0.6 is 11.8 Å². The fraction of sp³-hybridized carbons (Fsp3) is 0.400. The van der Waals surface area contributed by atoms with Crippen molar-refractivity contribution in [2.45, 2.75) is 37.8 Å². The lowest BCUT2D eigenvalue weighted by Gasteiger charge is -2.10. The van der Waals surface area contributed by atoms with E-state index in [4.69, 9.17) is 4.74 Å². The van der Waals surface area contributed by atoms with E-state index in [2.05, 4.69) is 46.4 Å². The Morgan fingerprint density at radius 3 is 3.04 bits per heavy atom. The third-order valence-corrected chi connectivity index (χ3v) is 5.81. The molecule has 1 saturated heterocycles. The van der Waals surface area contributed by atoms with Gasteiger partial charge in [0.15, 0.2) is 5.65 Å². The van der Waals surface area contributed by atoms with Crippen LogP contribution in [0.15, 0.2) is 35.7 Å². The maximum Gasteiger partial charge on any atom is 0.230 e. The Balaban J connectivity index is 1.48. The van der Waals surface area contributed by atoms with Crippen LogP contribution in [0.1, 0.15) is 24.0 Å². The Kier molecular flexibility index (Phi) is 5.59. The van der Waals surface area contributed by atoms with E-state index in [1.54, 1.807) is 6.20 Å². The Bertz CT molecular complexity index is 997. The zero-order valence-corrected chi connectivity index (χ0v) is 16.8. The number of nitrogens with one attached hydrogen (secondary N) is 1. The minimum absolute atomic E-state index is 0.0194. The first kappa shape index (κ1) is 18.9. The van der Waals surface area contributed by atoms with Crippen LogP contribution < -0.4 is 5.32 Å². The quantitative estimate of drug-likeness (QED) is 0.509. The van der Waals surface area contributed by atoms with Crippen molar-refractivity contribution in [3.8, 4) is 5.69 Å². The summed E-state index contributed by atoms with van der Waals surface area (Å²) in [6, 6.07) is 6.23. The third kappa shape index (κ3) is 4.02. The van der Waals surface area contributed by atoms with Gasteiger partial charge in [0.05, 0.1) is 29.1 Å². The number of carbonyl (C=O) groups excluding carboxylic acids is 1. The smallest absolute Gasteiger partial charge is 0.230 e. The molecule has 146 valence electrons. The largest absolute Gasteiger partial charge is 0.376 e. The van der Waals surface area contributed by atoms with Gasteiger partial charge in [0, 0.05) is 13.2 Å². The highest BCUT2D eigenvalue weighted by Gasteiger charge is 2.17. The number of aromatic nitrogens is 4. The summed E-state index contributed by atoms with van der Waals surface area (Å²) in [5, 5.41) is 9.06. The zero-order chi connectivity index (χ0) is 19.5. The second-order valence-corrected chi connectivity index (χ2v) is 7.95. The number of amides is 1. The summed E-state index contributed by atoms with van der Waals surface area (Å²) in [5.41, 5.74) is 4.07. The highest BCUT2D eigenvalue weighted by molar-refractivity contribution is 8.00. The van der Waals surface area contributed by atoms with Gasteiger partial charge in [-0.25, -0.2) is 14.6 Å². The van der Waals surface area contributed by atoms with Crippen molar-refractivity contribution in [2.75, 3.05) is 18.9 Å². The first-order valence-electron chi connectivity index (χ1n) is 9.39. The second kappa shape index (κ2) is 8.28. The average molecular weight is 398 g/mol. The predicted molar refractivity (Wildman–Crippen MR) is 109 cm³/mol. The van der Waals surface area contributed by atoms with Crippen LogP contribution in [0, 0.1) is 13.8 Å². The number of hydrogen-bond donors (Lipinski definition) is 1. The highest BCUT2D eigenvalue weighted by atomic mass is 32.2. The molecule has 1 N–H and O–H groups in total. The molecule has 1 amide bonds. The Hall–Kier alpha value is -2.45. The van der Waals surface area contributed by atoms with Gasteiger partial charge in [-0.3, -0.25) is 4.79 Å². The summed E-state index contributed by atoms with van der Waals surface area (Å²) in [4.78, 5) is 20.9. The number of thioether (sulfide) groups is 1. The molecule has 0 spiro atoms. The Morgan fingerprint density at radius 2 is 2.25 bits per heavy atom. The summed E-state index contributed by atoms with van der Waals surface area (Å²) in [7, 11) is 0. The minimum atomic E-state index is -0.0194. The Morgan fingerprint density at radius 1 is 1.36 bits per heavy atom. The van der Waals surface area contributed by atoms with Gasteiger partial charge in [0.2, 0.25) is 5.91 Å². The van der Waals surface area contributed by atoms with Crippen LogP contribution in [0.2, 0.25) is 0 Å². The van der Waals surface area contributed by atoms with E-state index in [9.17, 15) is 4.79 Å². The van der Waals surface area contributed by atoms with Gasteiger partial charge in [-0.15, -0.1) is 0 Å². The van der Waals surface area contributed by atoms with Gasteiger partial charge in [0.25, 0.3) is 0 Å². The maximum atomic E-state index is 12.2. The van der Waals surface area contributed by atoms with Crippen molar-refractivity contribution in [1.82, 2.24) is 25.1 Å². The van der Waals surface area contributed by atoms with Gasteiger partial charge in [-0.1, -0.05) is 29.5 Å². The summed E-state index contributed by atoms with van der Waals surface area (Å²) < 4.78 is 7.36. The van der Waals surface area contributed by atoms with E-state index >= 15 is 0 Å². The zero-order valence-electron chi connectivity index (χ0n) is 16.0. The fourth-order valence-electron chi connectivity index (χ4n) is 3.37. The summed E-state index contributed by atoms with van der Waals surface area (Å²) in [6.07, 6.45) is 5.52. The van der Waals surface area contributed by atoms with Crippen LogP contribution in [0.4, 0.5) is 0 Å². The number of fused-ring (bicyclic) bond motifs is 1. The topological polar surface area (TPSA) is 81.9 Å². The van der Waals surface area contributed by atoms with Crippen molar-refractivity contribution >= 4 is 28.7 Å². The normalized spacial score (nSPS) is 16.6. The number of aryl methyl sites for hydroxylation is 2. The molecule has 1 aromatic carbocycles. The molecule has 1 atom stereocenters. The van der Waals surface area contributed by atoms with Gasteiger partial charge >= 0.3 is 0 Å². The van der Waals surface area contributed by atoms with Crippen molar-refractivity contribution in [2.24, 2.45) is 0 Å². The molecule has 1 aliphatic heterocycles. The van der Waals surface area contributed by atoms with Crippen molar-refractivity contribution in [3.05, 3.63) is 41.9 Å². The third-order valence-electron chi connectivity index (χ3n) is 4.80. The standard InChI is InChI=1S/C20H23N5O2S/c1-13-5-6-17(14(2)8-13)25-19-16(10-24-25)20(23-12-22-19)28-11-18(26)21-9-15-4-3-7-27-15/h5-6,8,10,12,15H,3-4,7,9,11H2,1-2H3,(H,21,26)/t15-/m1/s1. The molecular weight excluding hydrogens is 374 g/mol. The van der Waals surface area contributed by atoms with Crippen molar-refractivity contribution in [1.29, 1.82) is 0 Å². The van der Waals surface area contributed by atoms with E-state index in [-0.39, 0.29) is 12.0 Å². The van der Waals surface area contributed by atoms with E-state index in [0.29, 0.717) is 12.3 Å². The number of benzene rings is 1. The molecule has 0 saturated carbocycles. The van der Waals surface area contributed by atoms with Gasteiger partial charge < -0.3 is 10.1 Å². The first-order chi connectivity index (χ1) is 13.6. The predicted octanol–water partition coefficient (Wildman–Crippen LogP) is 2.82. The van der Waals surface area contributed by atoms with Crippen LogP contribution in [-0.4, -0.2) is 50.7 Å². The number of carbonyl (C=O) groups is 1. The molecule has 28 heavy (non-hydrogen) atoms. The molecule has 7 nitrogen and oxygen atoms in total. The molecular formula is C20H23N5O2S. The lowest BCUT2D eigenvalue weighted by molar-refractivity contribution is -0.119. The van der Waals surface area contributed by atoms with Crippen molar-refractivity contribution in [3.63, 3.8) is 0 Å². The first-order valence-corrected chi connectivity index (χ1v) is 10.4. The molecule has 0 unspecified atom stereocenters. The maximum absolute atomic E-state index is 12.2. The number of rotatable bonds is 6. The monoisotopic (exact) mass is 397 g/mol. The molecule has 8 heteroatoms. The fourth-order valence-corrected chi connectivity index (χ4v) is 4.17. The molecule has 2 aromatic heterocycles. The van der Waals surface area contributed by atoms with Crippen LogP contribution in [-0.2, 0) is 9.53 Å². The van der Waals surface area contributed by atoms with E-state index in [1.807, 2.05) is 10.7 Å². The molecule has 3 heterocycles.